The molecule has 0 bridgehead atoms. The van der Waals surface area contributed by atoms with Crippen LogP contribution in [0.5, 0.6) is 0 Å². The molecule has 330 valence electrons. The minimum absolute atomic E-state index is 0.0948. The van der Waals surface area contributed by atoms with E-state index in [-0.39, 0.29) is 28.9 Å². The second-order valence-electron chi connectivity index (χ2n) is 18.3. The quantitative estimate of drug-likeness (QED) is 0.0638. The lowest BCUT2D eigenvalue weighted by molar-refractivity contribution is -0.161. The second kappa shape index (κ2) is 18.6. The molecular weight excluding hydrogens is 801 g/mol. The van der Waals surface area contributed by atoms with Gasteiger partial charge in [0.1, 0.15) is 6.10 Å². The Hall–Kier alpha value is -5.64. The fourth-order valence-corrected chi connectivity index (χ4v) is 9.92. The highest BCUT2D eigenvalue weighted by molar-refractivity contribution is 7.89. The lowest BCUT2D eigenvalue weighted by Gasteiger charge is -2.35. The Morgan fingerprint density at radius 3 is 1.68 bits per heavy atom. The Morgan fingerprint density at radius 1 is 0.683 bits per heavy atom. The van der Waals surface area contributed by atoms with E-state index in [0.717, 1.165) is 81.6 Å². The maximum Gasteiger partial charge on any atom is 0.311 e. The van der Waals surface area contributed by atoms with Crippen LogP contribution in [-0.2, 0) is 19.6 Å². The van der Waals surface area contributed by atoms with Crippen molar-refractivity contribution in [1.29, 1.82) is 0 Å². The molecule has 0 amide bonds. The number of sulfonamides is 1. The van der Waals surface area contributed by atoms with Crippen LogP contribution >= 0.6 is 0 Å². The smallest absolute Gasteiger partial charge is 0.311 e. The number of aryl methyl sites for hydroxylation is 6. The Bertz CT molecular complexity index is 2590. The lowest BCUT2D eigenvalue weighted by Crippen LogP contribution is -2.42. The molecular formula is C54H64N4O4S. The number of hydrogen-bond donors (Lipinski definition) is 4. The number of esters is 1. The van der Waals surface area contributed by atoms with Crippen LogP contribution in [0.2, 0.25) is 0 Å². The molecule has 0 aliphatic heterocycles. The van der Waals surface area contributed by atoms with E-state index in [1.54, 1.807) is 12.1 Å². The van der Waals surface area contributed by atoms with Crippen LogP contribution in [-0.4, -0.2) is 33.6 Å². The third-order valence-electron chi connectivity index (χ3n) is 13.0. The van der Waals surface area contributed by atoms with Crippen molar-refractivity contribution in [3.8, 4) is 0 Å². The van der Waals surface area contributed by atoms with Gasteiger partial charge in [0.05, 0.1) is 16.4 Å². The molecule has 0 saturated heterocycles. The summed E-state index contributed by atoms with van der Waals surface area (Å²) in [6.07, 6.45) is 4.07. The number of carbonyl (C=O) groups is 1. The highest BCUT2D eigenvalue weighted by Gasteiger charge is 2.34. The van der Waals surface area contributed by atoms with Gasteiger partial charge in [0.15, 0.2) is 0 Å². The van der Waals surface area contributed by atoms with Crippen LogP contribution in [0.15, 0.2) is 108 Å². The van der Waals surface area contributed by atoms with E-state index < -0.39 is 15.4 Å². The standard InChI is InChI=1S/C54H64N4O4S/c1-11-54(8,9)53(59)62-49-15-13-12-14-48(49)58-47-27-26-45(46-32-43(24-25-44(46)47)63(60,61)55-10)50(39-16-20-41(21-17-39)56-51-35(4)28-33(2)29-36(51)5)40-18-22-42(23-19-40)57-52-37(6)30-34(3)31-38(52)7/h16-32,48-50,55-58H,11-15H2,1-10H3. The van der Waals surface area contributed by atoms with Crippen molar-refractivity contribution in [2.75, 3.05) is 23.0 Å². The van der Waals surface area contributed by atoms with Crippen molar-refractivity contribution >= 4 is 55.2 Å². The highest BCUT2D eigenvalue weighted by atomic mass is 32.2. The molecule has 63 heavy (non-hydrogen) atoms. The number of rotatable bonds is 14. The van der Waals surface area contributed by atoms with Crippen molar-refractivity contribution in [3.63, 3.8) is 0 Å². The largest absolute Gasteiger partial charge is 0.460 e. The van der Waals surface area contributed by atoms with Gasteiger partial charge < -0.3 is 20.7 Å². The average Bonchev–Trinajstić information content (AvgIpc) is 3.25. The maximum atomic E-state index is 13.4. The number of ether oxygens (including phenoxy) is 1. The number of benzene rings is 6. The number of nitrogens with one attached hydrogen (secondary N) is 4. The van der Waals surface area contributed by atoms with Gasteiger partial charge in [-0.1, -0.05) is 85.1 Å². The number of hydrogen-bond acceptors (Lipinski definition) is 7. The van der Waals surface area contributed by atoms with Crippen molar-refractivity contribution in [3.05, 3.63) is 153 Å². The highest BCUT2D eigenvalue weighted by Crippen LogP contribution is 2.42. The predicted octanol–water partition coefficient (Wildman–Crippen LogP) is 13.0. The Kier molecular flexibility index (Phi) is 13.4. The summed E-state index contributed by atoms with van der Waals surface area (Å²) >= 11 is 0. The van der Waals surface area contributed by atoms with Crippen LogP contribution in [0.25, 0.3) is 10.8 Å². The van der Waals surface area contributed by atoms with Gasteiger partial charge in [-0.25, -0.2) is 13.1 Å². The Morgan fingerprint density at radius 2 is 1.19 bits per heavy atom. The topological polar surface area (TPSA) is 109 Å². The van der Waals surface area contributed by atoms with Crippen LogP contribution in [0.3, 0.4) is 0 Å². The average molecular weight is 865 g/mol. The summed E-state index contributed by atoms with van der Waals surface area (Å²) in [5.74, 6) is -0.438. The van der Waals surface area contributed by atoms with Gasteiger partial charge in [-0.3, -0.25) is 4.79 Å². The molecule has 2 atom stereocenters. The lowest BCUT2D eigenvalue weighted by atomic mass is 9.82. The molecule has 7 rings (SSSR count). The first-order valence-corrected chi connectivity index (χ1v) is 23.8. The molecule has 0 radical (unpaired) electrons. The van der Waals surface area contributed by atoms with Crippen LogP contribution in [0, 0.1) is 47.0 Å². The van der Waals surface area contributed by atoms with Gasteiger partial charge in [-0.2, -0.15) is 0 Å². The zero-order valence-electron chi connectivity index (χ0n) is 38.6. The van der Waals surface area contributed by atoms with Crippen molar-refractivity contribution in [1.82, 2.24) is 4.72 Å². The molecule has 0 aromatic heterocycles. The molecule has 0 spiro atoms. The van der Waals surface area contributed by atoms with Gasteiger partial charge in [-0.05, 0) is 175 Å². The summed E-state index contributed by atoms with van der Waals surface area (Å²) in [7, 11) is -2.33. The summed E-state index contributed by atoms with van der Waals surface area (Å²) in [5.41, 5.74) is 14.8. The first-order valence-electron chi connectivity index (χ1n) is 22.4. The molecule has 1 saturated carbocycles. The number of anilines is 5. The number of fused-ring (bicyclic) bond motifs is 1. The maximum absolute atomic E-state index is 13.4. The van der Waals surface area contributed by atoms with Gasteiger partial charge in [-0.15, -0.1) is 0 Å². The van der Waals surface area contributed by atoms with Gasteiger partial charge in [0.25, 0.3) is 0 Å². The molecule has 0 heterocycles. The fourth-order valence-electron chi connectivity index (χ4n) is 9.17. The minimum atomic E-state index is -3.78. The van der Waals surface area contributed by atoms with E-state index >= 15 is 0 Å². The SMILES string of the molecule is CCC(C)(C)C(=O)OC1CCCCC1Nc1ccc(C(c2ccc(Nc3c(C)cc(C)cc3C)cc2)c2ccc(Nc3c(C)cc(C)cc3C)cc2)c2cc(S(=O)(=O)NC)ccc12. The van der Waals surface area contributed by atoms with Crippen molar-refractivity contribution in [2.24, 2.45) is 5.41 Å². The van der Waals surface area contributed by atoms with E-state index in [4.69, 9.17) is 4.74 Å². The molecule has 1 aliphatic rings. The van der Waals surface area contributed by atoms with Gasteiger partial charge in [0, 0.05) is 39.7 Å². The first-order chi connectivity index (χ1) is 30.0. The van der Waals surface area contributed by atoms with Gasteiger partial charge >= 0.3 is 5.97 Å². The van der Waals surface area contributed by atoms with E-state index in [1.807, 2.05) is 26.8 Å². The summed E-state index contributed by atoms with van der Waals surface area (Å²) in [6.45, 7) is 18.7. The monoisotopic (exact) mass is 864 g/mol. The first kappa shape index (κ1) is 45.4. The molecule has 9 heteroatoms. The molecule has 2 unspecified atom stereocenters. The Labute approximate surface area is 375 Å². The van der Waals surface area contributed by atoms with Gasteiger partial charge in [0.2, 0.25) is 10.0 Å². The summed E-state index contributed by atoms with van der Waals surface area (Å²) in [6, 6.07) is 35.5. The summed E-state index contributed by atoms with van der Waals surface area (Å²) in [4.78, 5) is 13.5. The molecule has 6 aromatic rings. The van der Waals surface area contributed by atoms with Crippen LogP contribution in [0.4, 0.5) is 28.4 Å². The third kappa shape index (κ3) is 9.95. The molecule has 6 aromatic carbocycles. The predicted molar refractivity (Wildman–Crippen MR) is 262 cm³/mol. The summed E-state index contributed by atoms with van der Waals surface area (Å²) < 4.78 is 35.6. The molecule has 8 nitrogen and oxygen atoms in total. The second-order valence-corrected chi connectivity index (χ2v) is 20.2. The zero-order valence-corrected chi connectivity index (χ0v) is 39.4. The van der Waals surface area contributed by atoms with E-state index in [1.165, 1.54) is 40.4 Å². The zero-order chi connectivity index (χ0) is 45.2. The van der Waals surface area contributed by atoms with Crippen LogP contribution in [0.1, 0.15) is 109 Å². The number of carbonyl (C=O) groups excluding carboxylic acids is 1. The van der Waals surface area contributed by atoms with Crippen molar-refractivity contribution in [2.45, 2.75) is 117 Å². The normalized spacial score (nSPS) is 15.7. The van der Waals surface area contributed by atoms with E-state index in [2.05, 4.69) is 147 Å². The van der Waals surface area contributed by atoms with E-state index in [0.29, 0.717) is 6.42 Å². The molecule has 1 aliphatic carbocycles. The van der Waals surface area contributed by atoms with Crippen molar-refractivity contribution < 1.29 is 17.9 Å². The Balaban J connectivity index is 1.34. The third-order valence-corrected chi connectivity index (χ3v) is 14.4. The van der Waals surface area contributed by atoms with E-state index in [9.17, 15) is 13.2 Å². The molecule has 1 fully saturated rings. The minimum Gasteiger partial charge on any atom is -0.460 e. The molecule has 4 N–H and O–H groups in total. The fraction of sp³-hybridized carbons (Fsp3) is 0.352. The van der Waals surface area contributed by atoms with Crippen LogP contribution < -0.4 is 20.7 Å². The summed E-state index contributed by atoms with van der Waals surface area (Å²) in [5, 5.41) is 12.8.